The molecule has 0 aliphatic rings. The fraction of sp³-hybridized carbons (Fsp3) is 0. The number of anilines is 1. The largest absolute Gasteiger partial charge is 0.417 e. The summed E-state index contributed by atoms with van der Waals surface area (Å²) in [6.07, 6.45) is 1.40. The molecular formula is C14H10N6O4S. The summed E-state index contributed by atoms with van der Waals surface area (Å²) in [5.41, 5.74) is 1.52. The number of sulfonamides is 1. The molecule has 0 aliphatic heterocycles. The van der Waals surface area contributed by atoms with Crippen molar-refractivity contribution in [3.63, 3.8) is 0 Å². The summed E-state index contributed by atoms with van der Waals surface area (Å²) in [5.74, 6) is -0.647. The fourth-order valence-corrected chi connectivity index (χ4v) is 3.38. The number of nitrogens with zero attached hydrogens (tertiary/aromatic N) is 4. The van der Waals surface area contributed by atoms with Crippen molar-refractivity contribution in [1.29, 1.82) is 0 Å². The molecule has 0 bridgehead atoms. The number of hydrogen-bond donors (Lipinski definition) is 2. The quantitative estimate of drug-likeness (QED) is 0.553. The van der Waals surface area contributed by atoms with Crippen molar-refractivity contribution < 1.29 is 12.8 Å². The Balaban J connectivity index is 1.68. The van der Waals surface area contributed by atoms with Gasteiger partial charge in [0.1, 0.15) is 6.33 Å². The number of aromatic nitrogens is 5. The van der Waals surface area contributed by atoms with Gasteiger partial charge in [0.25, 0.3) is 10.0 Å². The first-order valence-corrected chi connectivity index (χ1v) is 8.49. The summed E-state index contributed by atoms with van der Waals surface area (Å²) in [6, 6.07) is 10.7. The Hall–Kier alpha value is -3.47. The lowest BCUT2D eigenvalue weighted by atomic mass is 10.3. The Kier molecular flexibility index (Phi) is 3.35. The first kappa shape index (κ1) is 15.1. The van der Waals surface area contributed by atoms with E-state index in [0.29, 0.717) is 16.9 Å². The predicted octanol–water partition coefficient (Wildman–Crippen LogP) is 0.898. The van der Waals surface area contributed by atoms with Crippen molar-refractivity contribution in [2.75, 3.05) is 4.72 Å². The molecule has 0 amide bonds. The highest BCUT2D eigenvalue weighted by Gasteiger charge is 2.16. The van der Waals surface area contributed by atoms with Gasteiger partial charge in [0.15, 0.2) is 5.58 Å². The third-order valence-corrected chi connectivity index (χ3v) is 4.79. The van der Waals surface area contributed by atoms with Gasteiger partial charge in [-0.25, -0.2) is 17.9 Å². The van der Waals surface area contributed by atoms with E-state index in [1.165, 1.54) is 29.2 Å². The predicted molar refractivity (Wildman–Crippen MR) is 86.8 cm³/mol. The van der Waals surface area contributed by atoms with Crippen LogP contribution in [0, 0.1) is 0 Å². The maximum atomic E-state index is 12.6. The monoisotopic (exact) mass is 358 g/mol. The molecule has 2 aromatic carbocycles. The van der Waals surface area contributed by atoms with E-state index in [1.807, 2.05) is 0 Å². The Morgan fingerprint density at radius 1 is 1.16 bits per heavy atom. The van der Waals surface area contributed by atoms with Crippen LogP contribution in [0.3, 0.4) is 0 Å². The van der Waals surface area contributed by atoms with Crippen LogP contribution in [-0.4, -0.2) is 33.6 Å². The molecule has 25 heavy (non-hydrogen) atoms. The topological polar surface area (TPSA) is 136 Å². The standard InChI is InChI=1S/C14H10N6O4S/c21-14-16-12-7-11(4-5-13(12)24-14)25(22,23)17-9-2-1-3-10(6-9)20-8-15-18-19-20/h1-8,17H,(H,16,21). The van der Waals surface area contributed by atoms with Gasteiger partial charge in [0.2, 0.25) is 0 Å². The van der Waals surface area contributed by atoms with Crippen LogP contribution in [0.5, 0.6) is 0 Å². The van der Waals surface area contributed by atoms with Gasteiger partial charge in [0, 0.05) is 0 Å². The smallest absolute Gasteiger partial charge is 0.408 e. The number of oxazole rings is 1. The van der Waals surface area contributed by atoms with E-state index >= 15 is 0 Å². The highest BCUT2D eigenvalue weighted by Crippen LogP contribution is 2.21. The zero-order valence-electron chi connectivity index (χ0n) is 12.4. The number of fused-ring (bicyclic) bond motifs is 1. The molecule has 2 heterocycles. The third-order valence-electron chi connectivity index (χ3n) is 3.41. The summed E-state index contributed by atoms with van der Waals surface area (Å²) < 4.78 is 33.9. The van der Waals surface area contributed by atoms with Gasteiger partial charge in [-0.2, -0.15) is 0 Å². The lowest BCUT2D eigenvalue weighted by Crippen LogP contribution is -2.13. The van der Waals surface area contributed by atoms with Gasteiger partial charge < -0.3 is 4.42 Å². The van der Waals surface area contributed by atoms with E-state index in [2.05, 4.69) is 25.2 Å². The highest BCUT2D eigenvalue weighted by molar-refractivity contribution is 7.92. The van der Waals surface area contributed by atoms with Crippen LogP contribution in [0.4, 0.5) is 5.69 Å². The summed E-state index contributed by atoms with van der Waals surface area (Å²) in [7, 11) is -3.86. The summed E-state index contributed by atoms with van der Waals surface area (Å²) >= 11 is 0. The fourth-order valence-electron chi connectivity index (χ4n) is 2.30. The zero-order valence-corrected chi connectivity index (χ0v) is 13.3. The Morgan fingerprint density at radius 2 is 2.04 bits per heavy atom. The number of H-pyrrole nitrogens is 1. The van der Waals surface area contributed by atoms with Crippen LogP contribution < -0.4 is 10.5 Å². The number of rotatable bonds is 4. The van der Waals surface area contributed by atoms with Crippen molar-refractivity contribution in [2.24, 2.45) is 0 Å². The van der Waals surface area contributed by atoms with Crippen molar-refractivity contribution >= 4 is 26.8 Å². The summed E-state index contributed by atoms with van der Waals surface area (Å²) in [6.45, 7) is 0. The lowest BCUT2D eigenvalue weighted by Gasteiger charge is -2.09. The van der Waals surface area contributed by atoms with Gasteiger partial charge >= 0.3 is 5.76 Å². The number of hydrogen-bond acceptors (Lipinski definition) is 7. The van der Waals surface area contributed by atoms with E-state index < -0.39 is 15.8 Å². The average molecular weight is 358 g/mol. The lowest BCUT2D eigenvalue weighted by molar-refractivity contribution is 0.555. The van der Waals surface area contributed by atoms with Gasteiger partial charge in [0.05, 0.1) is 21.8 Å². The first-order valence-electron chi connectivity index (χ1n) is 7.00. The second kappa shape index (κ2) is 5.56. The molecule has 0 atom stereocenters. The van der Waals surface area contributed by atoms with E-state index in [1.54, 1.807) is 24.3 Å². The maximum Gasteiger partial charge on any atom is 0.417 e. The van der Waals surface area contributed by atoms with Crippen LogP contribution in [0.15, 0.2) is 62.9 Å². The molecule has 0 saturated carbocycles. The highest BCUT2D eigenvalue weighted by atomic mass is 32.2. The van der Waals surface area contributed by atoms with E-state index in [9.17, 15) is 13.2 Å². The van der Waals surface area contributed by atoms with Crippen LogP contribution in [0.2, 0.25) is 0 Å². The van der Waals surface area contributed by atoms with Crippen molar-refractivity contribution in [2.45, 2.75) is 4.90 Å². The van der Waals surface area contributed by atoms with Crippen molar-refractivity contribution in [3.8, 4) is 5.69 Å². The molecule has 10 nitrogen and oxygen atoms in total. The minimum absolute atomic E-state index is 0.00937. The van der Waals surface area contributed by atoms with Crippen molar-refractivity contribution in [3.05, 3.63) is 59.3 Å². The van der Waals surface area contributed by atoms with Crippen LogP contribution in [0.25, 0.3) is 16.8 Å². The molecule has 0 spiro atoms. The average Bonchev–Trinajstić information content (AvgIpc) is 3.22. The van der Waals surface area contributed by atoms with Crippen LogP contribution in [0.1, 0.15) is 0 Å². The van der Waals surface area contributed by atoms with Gasteiger partial charge in [-0.15, -0.1) is 5.10 Å². The maximum absolute atomic E-state index is 12.6. The minimum atomic E-state index is -3.86. The Labute approximate surface area is 140 Å². The molecule has 0 fully saturated rings. The number of tetrazole rings is 1. The molecule has 4 rings (SSSR count). The molecule has 0 aliphatic carbocycles. The number of nitrogens with one attached hydrogen (secondary N) is 2. The number of benzene rings is 2. The molecule has 4 aromatic rings. The number of aromatic amines is 1. The molecule has 0 unspecified atom stereocenters. The van der Waals surface area contributed by atoms with Crippen LogP contribution in [-0.2, 0) is 10.0 Å². The van der Waals surface area contributed by atoms with E-state index in [0.717, 1.165) is 0 Å². The normalized spacial score (nSPS) is 11.7. The second-order valence-corrected chi connectivity index (χ2v) is 6.77. The van der Waals surface area contributed by atoms with E-state index in [-0.39, 0.29) is 10.5 Å². The molecule has 11 heteroatoms. The van der Waals surface area contributed by atoms with Crippen molar-refractivity contribution in [1.82, 2.24) is 25.2 Å². The molecular weight excluding hydrogens is 348 g/mol. The Morgan fingerprint density at radius 3 is 2.84 bits per heavy atom. The molecule has 2 N–H and O–H groups in total. The molecule has 0 radical (unpaired) electrons. The molecule has 2 aromatic heterocycles. The SMILES string of the molecule is O=c1[nH]c2cc(S(=O)(=O)Nc3cccc(-n4cnnn4)c3)ccc2o1. The first-order chi connectivity index (χ1) is 12.0. The van der Waals surface area contributed by atoms with Crippen LogP contribution >= 0.6 is 0 Å². The molecule has 126 valence electrons. The van der Waals surface area contributed by atoms with Gasteiger partial charge in [-0.3, -0.25) is 9.71 Å². The van der Waals surface area contributed by atoms with Gasteiger partial charge in [-0.05, 0) is 46.8 Å². The Bertz CT molecular complexity index is 1210. The van der Waals surface area contributed by atoms with Gasteiger partial charge in [-0.1, -0.05) is 6.07 Å². The van der Waals surface area contributed by atoms with E-state index in [4.69, 9.17) is 4.42 Å². The molecule has 0 saturated heterocycles. The third kappa shape index (κ3) is 2.87. The minimum Gasteiger partial charge on any atom is -0.408 e. The summed E-state index contributed by atoms with van der Waals surface area (Å²) in [4.78, 5) is 13.6. The summed E-state index contributed by atoms with van der Waals surface area (Å²) in [5, 5.41) is 10.8. The zero-order chi connectivity index (χ0) is 17.4. The second-order valence-electron chi connectivity index (χ2n) is 5.08.